The number of likely N-dealkylation sites (tertiary alicyclic amines) is 1. The van der Waals surface area contributed by atoms with Gasteiger partial charge in [0.05, 0.1) is 46.2 Å². The highest BCUT2D eigenvalue weighted by Crippen LogP contribution is 2.28. The summed E-state index contributed by atoms with van der Waals surface area (Å²) in [6.45, 7) is 23.7. The molecule has 0 atom stereocenters. The van der Waals surface area contributed by atoms with Crippen LogP contribution >= 0.6 is 39.1 Å². The van der Waals surface area contributed by atoms with Crippen LogP contribution in [0.4, 0.5) is 15.3 Å². The first kappa shape index (κ1) is 57.3. The van der Waals surface area contributed by atoms with E-state index in [1.807, 2.05) is 65.8 Å². The van der Waals surface area contributed by atoms with E-state index in [1.165, 1.54) is 6.42 Å². The molecular formula is C45H75BrCl2N4O10. The van der Waals surface area contributed by atoms with Crippen molar-refractivity contribution >= 4 is 57.0 Å². The maximum atomic E-state index is 12.2. The summed E-state index contributed by atoms with van der Waals surface area (Å²) in [4.78, 5) is 29.5. The Morgan fingerprint density at radius 2 is 1.03 bits per heavy atom. The molecule has 2 heterocycles. The van der Waals surface area contributed by atoms with Gasteiger partial charge in [0.15, 0.2) is 0 Å². The van der Waals surface area contributed by atoms with Gasteiger partial charge in [-0.05, 0) is 97.6 Å². The second-order valence-corrected chi connectivity index (χ2v) is 18.0. The van der Waals surface area contributed by atoms with Crippen LogP contribution in [-0.2, 0) is 28.4 Å². The summed E-state index contributed by atoms with van der Waals surface area (Å²) >= 11 is 15.5. The highest BCUT2D eigenvalue weighted by molar-refractivity contribution is 9.10. The minimum absolute atomic E-state index is 0. The van der Waals surface area contributed by atoms with Crippen LogP contribution in [0.1, 0.15) is 81.6 Å². The van der Waals surface area contributed by atoms with Crippen LogP contribution in [0.2, 0.25) is 10.0 Å². The van der Waals surface area contributed by atoms with Crippen molar-refractivity contribution in [3.05, 3.63) is 50.9 Å². The summed E-state index contributed by atoms with van der Waals surface area (Å²) in [6.07, 6.45) is 4.06. The molecule has 14 nitrogen and oxygen atoms in total. The highest BCUT2D eigenvalue weighted by Gasteiger charge is 2.26. The lowest BCUT2D eigenvalue weighted by Crippen LogP contribution is -2.50. The maximum Gasteiger partial charge on any atom is 0.410 e. The molecule has 2 aromatic rings. The van der Waals surface area contributed by atoms with Crippen LogP contribution in [0.15, 0.2) is 40.9 Å². The number of amides is 2. The Morgan fingerprint density at radius 3 is 1.50 bits per heavy atom. The molecule has 2 saturated heterocycles. The average molecular weight is 983 g/mol. The number of carbonyl (C=O) groups is 2. The lowest BCUT2D eigenvalue weighted by molar-refractivity contribution is 0.0212. The van der Waals surface area contributed by atoms with Crippen molar-refractivity contribution in [3.8, 4) is 11.5 Å². The molecule has 0 bridgehead atoms. The van der Waals surface area contributed by atoms with Crippen LogP contribution in [0.25, 0.3) is 0 Å². The van der Waals surface area contributed by atoms with Gasteiger partial charge in [-0.3, -0.25) is 0 Å². The molecule has 356 valence electrons. The Kier molecular flexibility index (Phi) is 29.5. The zero-order chi connectivity index (χ0) is 45.1. The van der Waals surface area contributed by atoms with E-state index in [-0.39, 0.29) is 25.2 Å². The second kappa shape index (κ2) is 32.0. The fourth-order valence-corrected chi connectivity index (χ4v) is 6.66. The van der Waals surface area contributed by atoms with Gasteiger partial charge in [0, 0.05) is 78.7 Å². The minimum atomic E-state index is -0.491. The van der Waals surface area contributed by atoms with E-state index in [1.54, 1.807) is 21.9 Å². The van der Waals surface area contributed by atoms with Crippen molar-refractivity contribution in [2.75, 3.05) is 117 Å². The summed E-state index contributed by atoms with van der Waals surface area (Å²) in [7, 11) is 0. The molecule has 0 aromatic heterocycles. The van der Waals surface area contributed by atoms with Crippen molar-refractivity contribution in [2.24, 2.45) is 5.73 Å². The number of hydrogen-bond donors (Lipinski definition) is 1. The smallest absolute Gasteiger partial charge is 0.410 e. The van der Waals surface area contributed by atoms with E-state index in [4.69, 9.17) is 66.8 Å². The fraction of sp³-hybridized carbons (Fsp3) is 0.689. The van der Waals surface area contributed by atoms with Crippen molar-refractivity contribution < 1.29 is 47.5 Å². The molecule has 62 heavy (non-hydrogen) atoms. The third-order valence-corrected chi connectivity index (χ3v) is 9.24. The average Bonchev–Trinajstić information content (AvgIpc) is 3.19. The number of nitrogens with two attached hydrogens (primary N) is 1. The molecule has 0 spiro atoms. The number of piperidine rings is 1. The van der Waals surface area contributed by atoms with Gasteiger partial charge in [0.25, 0.3) is 0 Å². The SMILES string of the molecule is C.CC(C)(C)OC(=O)N1CCCCC1.CC(C)(C)OC(=O)N1CCN(c2cc(Cl)cc(OCCOCCOCCN)c2)CC1.CCCOCCOCCOc1cc(Cl)cc(Br)c1. The van der Waals surface area contributed by atoms with E-state index in [9.17, 15) is 9.59 Å². The van der Waals surface area contributed by atoms with Gasteiger partial charge in [-0.2, -0.15) is 0 Å². The Hall–Kier alpha value is -2.76. The van der Waals surface area contributed by atoms with Gasteiger partial charge < -0.3 is 58.3 Å². The van der Waals surface area contributed by atoms with Crippen LogP contribution in [-0.4, -0.2) is 145 Å². The zero-order valence-corrected chi connectivity index (χ0v) is 40.5. The molecule has 0 unspecified atom stereocenters. The first-order valence-corrected chi connectivity index (χ1v) is 22.8. The monoisotopic (exact) mass is 980 g/mol. The van der Waals surface area contributed by atoms with Gasteiger partial charge in [-0.15, -0.1) is 0 Å². The molecule has 17 heteroatoms. The van der Waals surface area contributed by atoms with Crippen LogP contribution < -0.4 is 20.1 Å². The van der Waals surface area contributed by atoms with E-state index < -0.39 is 5.60 Å². The topological polar surface area (TPSA) is 144 Å². The number of nitrogens with zero attached hydrogens (tertiary/aromatic N) is 3. The van der Waals surface area contributed by atoms with Gasteiger partial charge in [-0.1, -0.05) is 53.5 Å². The van der Waals surface area contributed by atoms with Gasteiger partial charge in [0.1, 0.15) is 35.9 Å². The molecule has 0 radical (unpaired) electrons. The van der Waals surface area contributed by atoms with Crippen LogP contribution in [0, 0.1) is 0 Å². The van der Waals surface area contributed by atoms with E-state index >= 15 is 0 Å². The molecule has 2 aliphatic rings. The van der Waals surface area contributed by atoms with Crippen molar-refractivity contribution in [1.29, 1.82) is 0 Å². The number of piperazine rings is 1. The molecule has 0 aliphatic carbocycles. The molecule has 2 amide bonds. The Bertz CT molecular complexity index is 1500. The number of ether oxygens (including phenoxy) is 8. The number of carbonyl (C=O) groups excluding carboxylic acids is 2. The zero-order valence-electron chi connectivity index (χ0n) is 37.4. The molecule has 2 aromatic carbocycles. The Morgan fingerprint density at radius 1 is 0.597 bits per heavy atom. The summed E-state index contributed by atoms with van der Waals surface area (Å²) in [6, 6.07) is 11.1. The van der Waals surface area contributed by atoms with Gasteiger partial charge in [0.2, 0.25) is 0 Å². The predicted octanol–water partition coefficient (Wildman–Crippen LogP) is 9.74. The number of hydrogen-bond acceptors (Lipinski definition) is 12. The third-order valence-electron chi connectivity index (χ3n) is 8.34. The molecule has 4 rings (SSSR count). The van der Waals surface area contributed by atoms with E-state index in [2.05, 4.69) is 27.8 Å². The number of benzene rings is 2. The molecule has 2 aliphatic heterocycles. The van der Waals surface area contributed by atoms with Gasteiger partial charge >= 0.3 is 12.2 Å². The first-order valence-electron chi connectivity index (χ1n) is 21.2. The van der Waals surface area contributed by atoms with Crippen molar-refractivity contribution in [1.82, 2.24) is 9.80 Å². The van der Waals surface area contributed by atoms with Crippen LogP contribution in [0.5, 0.6) is 11.5 Å². The Labute approximate surface area is 390 Å². The summed E-state index contributed by atoms with van der Waals surface area (Å²) in [5.74, 6) is 1.43. The fourth-order valence-electron chi connectivity index (χ4n) is 5.61. The number of rotatable bonds is 19. The largest absolute Gasteiger partial charge is 0.491 e. The van der Waals surface area contributed by atoms with Gasteiger partial charge in [-0.25, -0.2) is 9.59 Å². The molecule has 2 fully saturated rings. The quantitative estimate of drug-likeness (QED) is 0.134. The normalized spacial score (nSPS) is 14.1. The minimum Gasteiger partial charge on any atom is -0.491 e. The van der Waals surface area contributed by atoms with Crippen molar-refractivity contribution in [2.45, 2.75) is 92.8 Å². The summed E-state index contributed by atoms with van der Waals surface area (Å²) in [5, 5.41) is 1.25. The van der Waals surface area contributed by atoms with E-state index in [0.29, 0.717) is 108 Å². The van der Waals surface area contributed by atoms with Crippen molar-refractivity contribution in [3.63, 3.8) is 0 Å². The van der Waals surface area contributed by atoms with Crippen LogP contribution in [0.3, 0.4) is 0 Å². The Balaban J connectivity index is 0.000000509. The number of anilines is 1. The second-order valence-electron chi connectivity index (χ2n) is 16.2. The molecule has 2 N–H and O–H groups in total. The summed E-state index contributed by atoms with van der Waals surface area (Å²) in [5.41, 5.74) is 5.46. The molecule has 0 saturated carbocycles. The molecular weight excluding hydrogens is 907 g/mol. The lowest BCUT2D eigenvalue weighted by Gasteiger charge is -2.36. The standard InChI is InChI=1S/C21H34ClN3O5.C13H18BrClO3.C10H19NO2.CH4/c1-21(2,3)30-20(26)25-7-5-24(6-8-25)18-14-17(22)15-19(16-18)29-13-12-28-11-10-27-9-4-23;1-2-3-16-4-5-17-6-7-18-13-9-11(14)8-12(15)10-13;1-10(2,3)13-9(12)11-7-5-4-6-8-11;/h14-16H,4-13,23H2,1-3H3;8-10H,2-7H2,1H3;4-8H2,1-3H3;1H4. The third kappa shape index (κ3) is 27.4. The number of halogens is 3. The lowest BCUT2D eigenvalue weighted by atomic mass is 10.1. The van der Waals surface area contributed by atoms with E-state index in [0.717, 1.165) is 54.9 Å². The predicted molar refractivity (Wildman–Crippen MR) is 253 cm³/mol. The first-order chi connectivity index (χ1) is 29.0. The highest BCUT2D eigenvalue weighted by atomic mass is 79.9. The maximum absolute atomic E-state index is 12.2. The summed E-state index contributed by atoms with van der Waals surface area (Å²) < 4.78 is 44.3.